The molecule has 1 N–H and O–H groups in total. The SMILES string of the molecule is CCN(CC)S(=O)(=O)c1ccc(CNC(=O)c2cnc3c(cnn3C(C)C)c2)s1. The van der Waals surface area contributed by atoms with Gasteiger partial charge in [-0.1, -0.05) is 13.8 Å². The molecule has 0 fully saturated rings. The van der Waals surface area contributed by atoms with E-state index in [4.69, 9.17) is 0 Å². The van der Waals surface area contributed by atoms with Gasteiger partial charge in [0, 0.05) is 35.6 Å². The van der Waals surface area contributed by atoms with Crippen LogP contribution in [-0.4, -0.2) is 46.5 Å². The summed E-state index contributed by atoms with van der Waals surface area (Å²) in [5.74, 6) is -0.266. The van der Waals surface area contributed by atoms with Crippen molar-refractivity contribution < 1.29 is 13.2 Å². The minimum atomic E-state index is -3.48. The molecule has 0 unspecified atom stereocenters. The Morgan fingerprint density at radius 1 is 1.24 bits per heavy atom. The highest BCUT2D eigenvalue weighted by Gasteiger charge is 2.23. The highest BCUT2D eigenvalue weighted by molar-refractivity contribution is 7.91. The van der Waals surface area contributed by atoms with Crippen molar-refractivity contribution in [2.45, 2.75) is 44.5 Å². The van der Waals surface area contributed by atoms with Gasteiger partial charge in [0.05, 0.1) is 18.3 Å². The summed E-state index contributed by atoms with van der Waals surface area (Å²) in [6.07, 6.45) is 3.23. The first-order chi connectivity index (χ1) is 13.8. The summed E-state index contributed by atoms with van der Waals surface area (Å²) in [4.78, 5) is 17.6. The molecule has 29 heavy (non-hydrogen) atoms. The highest BCUT2D eigenvalue weighted by Crippen LogP contribution is 2.25. The van der Waals surface area contributed by atoms with E-state index in [-0.39, 0.29) is 22.7 Å². The molecule has 3 rings (SSSR count). The lowest BCUT2D eigenvalue weighted by Gasteiger charge is -2.16. The summed E-state index contributed by atoms with van der Waals surface area (Å²) in [6, 6.07) is 5.26. The average Bonchev–Trinajstić information content (AvgIpc) is 3.33. The number of nitrogens with one attached hydrogen (secondary N) is 1. The van der Waals surface area contributed by atoms with E-state index < -0.39 is 10.0 Å². The van der Waals surface area contributed by atoms with Crippen LogP contribution in [0.5, 0.6) is 0 Å². The van der Waals surface area contributed by atoms with Crippen molar-refractivity contribution in [1.29, 1.82) is 0 Å². The number of sulfonamides is 1. The molecule has 0 aliphatic rings. The second-order valence-corrected chi connectivity index (χ2v) is 10.1. The quantitative estimate of drug-likeness (QED) is 0.587. The zero-order chi connectivity index (χ0) is 21.2. The van der Waals surface area contributed by atoms with Gasteiger partial charge in [0.1, 0.15) is 4.21 Å². The second kappa shape index (κ2) is 8.60. The molecule has 3 aromatic heterocycles. The summed E-state index contributed by atoms with van der Waals surface area (Å²) in [5, 5.41) is 7.93. The molecule has 3 aromatic rings. The van der Waals surface area contributed by atoms with E-state index in [0.29, 0.717) is 18.7 Å². The van der Waals surface area contributed by atoms with Crippen molar-refractivity contribution in [3.05, 3.63) is 41.0 Å². The minimum Gasteiger partial charge on any atom is -0.347 e. The third-order valence-corrected chi connectivity index (χ3v) is 8.15. The molecule has 0 atom stereocenters. The van der Waals surface area contributed by atoms with Crippen LogP contribution in [0.15, 0.2) is 34.8 Å². The monoisotopic (exact) mass is 435 g/mol. The fraction of sp³-hybridized carbons (Fsp3) is 0.421. The number of carbonyl (C=O) groups is 1. The summed E-state index contributed by atoms with van der Waals surface area (Å²) in [7, 11) is -3.48. The van der Waals surface area contributed by atoms with E-state index in [2.05, 4.69) is 15.4 Å². The van der Waals surface area contributed by atoms with Crippen LogP contribution in [0.3, 0.4) is 0 Å². The molecule has 0 saturated heterocycles. The molecular weight excluding hydrogens is 410 g/mol. The van der Waals surface area contributed by atoms with Crippen molar-refractivity contribution in [3.63, 3.8) is 0 Å². The maximum Gasteiger partial charge on any atom is 0.253 e. The van der Waals surface area contributed by atoms with E-state index in [1.165, 1.54) is 21.8 Å². The Hall–Kier alpha value is -2.30. The number of nitrogens with zero attached hydrogens (tertiary/aromatic N) is 4. The maximum atomic E-state index is 12.6. The van der Waals surface area contributed by atoms with Crippen LogP contribution in [0, 0.1) is 0 Å². The van der Waals surface area contributed by atoms with Gasteiger partial charge in [-0.3, -0.25) is 4.79 Å². The molecule has 0 saturated carbocycles. The Labute approximate surface area is 174 Å². The third kappa shape index (κ3) is 4.34. The fourth-order valence-electron chi connectivity index (χ4n) is 2.99. The molecule has 1 amide bonds. The number of carbonyl (C=O) groups excluding carboxylic acids is 1. The van der Waals surface area contributed by atoms with Crippen LogP contribution >= 0.6 is 11.3 Å². The normalized spacial score (nSPS) is 12.2. The molecule has 0 aliphatic carbocycles. The third-order valence-electron chi connectivity index (χ3n) is 4.54. The first-order valence-corrected chi connectivity index (χ1v) is 11.7. The Balaban J connectivity index is 1.70. The topological polar surface area (TPSA) is 97.2 Å². The molecule has 0 aliphatic heterocycles. The van der Waals surface area contributed by atoms with Gasteiger partial charge in [0.2, 0.25) is 0 Å². The van der Waals surface area contributed by atoms with Gasteiger partial charge in [-0.25, -0.2) is 18.1 Å². The summed E-state index contributed by atoms with van der Waals surface area (Å²) < 4.78 is 28.7. The second-order valence-electron chi connectivity index (χ2n) is 6.81. The lowest BCUT2D eigenvalue weighted by atomic mass is 10.2. The highest BCUT2D eigenvalue weighted by atomic mass is 32.2. The molecule has 0 bridgehead atoms. The molecule has 0 spiro atoms. The summed E-state index contributed by atoms with van der Waals surface area (Å²) in [6.45, 7) is 8.75. The molecular formula is C19H25N5O3S2. The van der Waals surface area contributed by atoms with Crippen molar-refractivity contribution >= 4 is 38.3 Å². The summed E-state index contributed by atoms with van der Waals surface area (Å²) >= 11 is 1.17. The minimum absolute atomic E-state index is 0.181. The van der Waals surface area contributed by atoms with Crippen LogP contribution < -0.4 is 5.32 Å². The lowest BCUT2D eigenvalue weighted by molar-refractivity contribution is 0.0951. The molecule has 3 heterocycles. The van der Waals surface area contributed by atoms with Gasteiger partial charge in [0.15, 0.2) is 5.65 Å². The Kier molecular flexibility index (Phi) is 6.35. The van der Waals surface area contributed by atoms with Crippen molar-refractivity contribution in [1.82, 2.24) is 24.4 Å². The van der Waals surface area contributed by atoms with Gasteiger partial charge in [-0.15, -0.1) is 11.3 Å². The molecule has 8 nitrogen and oxygen atoms in total. The van der Waals surface area contributed by atoms with Crippen molar-refractivity contribution in [3.8, 4) is 0 Å². The largest absolute Gasteiger partial charge is 0.347 e. The number of hydrogen-bond donors (Lipinski definition) is 1. The van der Waals surface area contributed by atoms with Crippen LogP contribution in [0.1, 0.15) is 49.0 Å². The van der Waals surface area contributed by atoms with Gasteiger partial charge in [0.25, 0.3) is 15.9 Å². The number of hydrogen-bond acceptors (Lipinski definition) is 6. The van der Waals surface area contributed by atoms with E-state index in [9.17, 15) is 13.2 Å². The van der Waals surface area contributed by atoms with E-state index in [1.807, 2.05) is 27.7 Å². The number of pyridine rings is 1. The van der Waals surface area contributed by atoms with Crippen LogP contribution in [-0.2, 0) is 16.6 Å². The number of rotatable bonds is 8. The molecule has 156 valence electrons. The van der Waals surface area contributed by atoms with Gasteiger partial charge in [-0.2, -0.15) is 9.40 Å². The number of thiophene rings is 1. The Morgan fingerprint density at radius 2 is 1.97 bits per heavy atom. The zero-order valence-corrected chi connectivity index (χ0v) is 18.5. The summed E-state index contributed by atoms with van der Waals surface area (Å²) in [5.41, 5.74) is 1.18. The lowest BCUT2D eigenvalue weighted by Crippen LogP contribution is -2.30. The average molecular weight is 436 g/mol. The smallest absolute Gasteiger partial charge is 0.253 e. The van der Waals surface area contributed by atoms with Gasteiger partial charge >= 0.3 is 0 Å². The first kappa shape index (κ1) is 21.4. The van der Waals surface area contributed by atoms with Crippen molar-refractivity contribution in [2.75, 3.05) is 13.1 Å². The van der Waals surface area contributed by atoms with E-state index in [0.717, 1.165) is 15.9 Å². The number of aromatic nitrogens is 3. The van der Waals surface area contributed by atoms with Crippen LogP contribution in [0.4, 0.5) is 0 Å². The van der Waals surface area contributed by atoms with E-state index in [1.54, 1.807) is 29.1 Å². The number of amides is 1. The predicted octanol–water partition coefficient (Wildman–Crippen LogP) is 3.03. The van der Waals surface area contributed by atoms with Crippen LogP contribution in [0.25, 0.3) is 11.0 Å². The Bertz CT molecular complexity index is 1110. The Morgan fingerprint density at radius 3 is 2.62 bits per heavy atom. The first-order valence-electron chi connectivity index (χ1n) is 9.48. The fourth-order valence-corrected chi connectivity index (χ4v) is 5.90. The zero-order valence-electron chi connectivity index (χ0n) is 16.9. The van der Waals surface area contributed by atoms with Gasteiger partial charge < -0.3 is 5.32 Å². The van der Waals surface area contributed by atoms with Crippen LogP contribution in [0.2, 0.25) is 0 Å². The standard InChI is InChI=1S/C19H25N5O3S2/c1-5-23(6-2)29(26,27)17-8-7-16(28-17)12-21-19(25)15-9-14-11-22-24(13(3)4)18(14)20-10-15/h7-11,13H,5-6,12H2,1-4H3,(H,21,25). The number of fused-ring (bicyclic) bond motifs is 1. The van der Waals surface area contributed by atoms with Gasteiger partial charge in [-0.05, 0) is 32.0 Å². The molecule has 10 heteroatoms. The van der Waals surface area contributed by atoms with Crippen molar-refractivity contribution in [2.24, 2.45) is 0 Å². The van der Waals surface area contributed by atoms with E-state index >= 15 is 0 Å². The molecule has 0 radical (unpaired) electrons. The predicted molar refractivity (Wildman–Crippen MR) is 114 cm³/mol. The molecule has 0 aromatic carbocycles. The maximum absolute atomic E-state index is 12.6.